The van der Waals surface area contributed by atoms with E-state index in [0.717, 1.165) is 18.4 Å². The molecule has 0 unspecified atom stereocenters. The minimum atomic E-state index is -0.676. The minimum absolute atomic E-state index is 0.151. The average Bonchev–Trinajstić information content (AvgIpc) is 2.89. The molecule has 6 heteroatoms. The second-order valence-electron chi connectivity index (χ2n) is 7.53. The number of nitrogens with one attached hydrogen (secondary N) is 2. The molecule has 1 aromatic rings. The van der Waals surface area contributed by atoms with Gasteiger partial charge in [-0.05, 0) is 56.2 Å². The Morgan fingerprint density at radius 2 is 1.73 bits per heavy atom. The Morgan fingerprint density at radius 1 is 1.12 bits per heavy atom. The van der Waals surface area contributed by atoms with Gasteiger partial charge in [0.1, 0.15) is 6.17 Å². The summed E-state index contributed by atoms with van der Waals surface area (Å²) < 4.78 is 0. The standard InChI is InChI=1S/C20H23N3O3/c1-11-4-3-5-15(10-11)22-20(26)21-12(2)23-18(24)16-13-6-7-14(9-8-13)17(16)19(23)25/h3-7,10,12-14,16-17H,8-9H2,1-2H3,(H2,21,22,26)/t12-,13-,14-,16+,17+/m0/s1. The molecular formula is C20H23N3O3. The van der Waals surface area contributed by atoms with E-state index in [1.165, 1.54) is 4.90 Å². The molecule has 0 spiro atoms. The molecule has 1 saturated heterocycles. The van der Waals surface area contributed by atoms with E-state index in [0.29, 0.717) is 5.69 Å². The van der Waals surface area contributed by atoms with Gasteiger partial charge in [-0.15, -0.1) is 0 Å². The summed E-state index contributed by atoms with van der Waals surface area (Å²) in [6.45, 7) is 3.62. The maximum Gasteiger partial charge on any atom is 0.320 e. The number of amides is 4. The van der Waals surface area contributed by atoms with Gasteiger partial charge in [-0.1, -0.05) is 24.3 Å². The lowest BCUT2D eigenvalue weighted by molar-refractivity contribution is -0.142. The maximum absolute atomic E-state index is 12.9. The van der Waals surface area contributed by atoms with Crippen LogP contribution in [0.4, 0.5) is 10.5 Å². The van der Waals surface area contributed by atoms with Crippen molar-refractivity contribution in [3.05, 3.63) is 42.0 Å². The number of fused-ring (bicyclic) bond motifs is 1. The Kier molecular flexibility index (Phi) is 4.05. The molecular weight excluding hydrogens is 330 g/mol. The lowest BCUT2D eigenvalue weighted by atomic mass is 9.63. The van der Waals surface area contributed by atoms with E-state index < -0.39 is 12.2 Å². The van der Waals surface area contributed by atoms with Gasteiger partial charge in [0.15, 0.2) is 0 Å². The molecule has 4 amide bonds. The number of allylic oxidation sites excluding steroid dienone is 2. The summed E-state index contributed by atoms with van der Waals surface area (Å²) in [6.07, 6.45) is 5.43. The van der Waals surface area contributed by atoms with E-state index in [1.807, 2.05) is 25.1 Å². The second-order valence-corrected chi connectivity index (χ2v) is 7.53. The summed E-state index contributed by atoms with van der Waals surface area (Å²) in [4.78, 5) is 39.3. The Balaban J connectivity index is 1.45. The number of carbonyl (C=O) groups is 3. The zero-order valence-corrected chi connectivity index (χ0v) is 14.9. The van der Waals surface area contributed by atoms with Crippen LogP contribution < -0.4 is 10.6 Å². The van der Waals surface area contributed by atoms with Crippen molar-refractivity contribution in [1.82, 2.24) is 10.2 Å². The number of anilines is 1. The first-order valence-electron chi connectivity index (χ1n) is 9.15. The topological polar surface area (TPSA) is 78.5 Å². The Morgan fingerprint density at radius 3 is 2.27 bits per heavy atom. The number of urea groups is 1. The summed E-state index contributed by atoms with van der Waals surface area (Å²) >= 11 is 0. The molecule has 6 nitrogen and oxygen atoms in total. The van der Waals surface area contributed by atoms with Gasteiger partial charge in [-0.2, -0.15) is 0 Å². The average molecular weight is 353 g/mol. The van der Waals surface area contributed by atoms with Gasteiger partial charge in [0, 0.05) is 5.69 Å². The number of carbonyl (C=O) groups excluding carboxylic acids is 3. The van der Waals surface area contributed by atoms with Gasteiger partial charge in [0.25, 0.3) is 0 Å². The normalized spacial score (nSPS) is 30.3. The highest BCUT2D eigenvalue weighted by molar-refractivity contribution is 6.06. The van der Waals surface area contributed by atoms with E-state index >= 15 is 0 Å². The van der Waals surface area contributed by atoms with E-state index in [1.54, 1.807) is 13.0 Å². The van der Waals surface area contributed by atoms with Crippen molar-refractivity contribution in [3.8, 4) is 0 Å². The highest BCUT2D eigenvalue weighted by atomic mass is 16.2. The van der Waals surface area contributed by atoms with Crippen LogP contribution in [-0.2, 0) is 9.59 Å². The Labute approximate surface area is 152 Å². The van der Waals surface area contributed by atoms with Gasteiger partial charge in [-0.3, -0.25) is 14.5 Å². The summed E-state index contributed by atoms with van der Waals surface area (Å²) in [6, 6.07) is 7.02. The fourth-order valence-corrected chi connectivity index (χ4v) is 4.62. The quantitative estimate of drug-likeness (QED) is 0.648. The predicted octanol–water partition coefficient (Wildman–Crippen LogP) is 2.66. The molecule has 2 fully saturated rings. The van der Waals surface area contributed by atoms with Crippen molar-refractivity contribution in [2.75, 3.05) is 5.32 Å². The van der Waals surface area contributed by atoms with Gasteiger partial charge >= 0.3 is 6.03 Å². The minimum Gasteiger partial charge on any atom is -0.317 e. The molecule has 1 aliphatic heterocycles. The second kappa shape index (κ2) is 6.27. The van der Waals surface area contributed by atoms with Crippen LogP contribution in [0.2, 0.25) is 0 Å². The largest absolute Gasteiger partial charge is 0.320 e. The summed E-state index contributed by atoms with van der Waals surface area (Å²) in [5.41, 5.74) is 1.71. The Bertz CT molecular complexity index is 771. The van der Waals surface area contributed by atoms with Crippen molar-refractivity contribution in [2.45, 2.75) is 32.9 Å². The van der Waals surface area contributed by atoms with Gasteiger partial charge in [0.2, 0.25) is 11.8 Å². The van der Waals surface area contributed by atoms with Crippen molar-refractivity contribution >= 4 is 23.5 Å². The van der Waals surface area contributed by atoms with Crippen LogP contribution in [0.15, 0.2) is 36.4 Å². The third-order valence-electron chi connectivity index (χ3n) is 5.80. The van der Waals surface area contributed by atoms with E-state index in [2.05, 4.69) is 22.8 Å². The number of nitrogens with zero attached hydrogens (tertiary/aromatic N) is 1. The molecule has 2 bridgehead atoms. The van der Waals surface area contributed by atoms with Crippen LogP contribution in [0.5, 0.6) is 0 Å². The number of rotatable bonds is 3. The molecule has 0 aromatic heterocycles. The third kappa shape index (κ3) is 2.69. The van der Waals surface area contributed by atoms with Crippen LogP contribution in [0.25, 0.3) is 0 Å². The summed E-state index contributed by atoms with van der Waals surface area (Å²) in [5, 5.41) is 5.47. The van der Waals surface area contributed by atoms with Crippen LogP contribution >= 0.6 is 0 Å². The van der Waals surface area contributed by atoms with Crippen molar-refractivity contribution in [1.29, 1.82) is 0 Å². The number of hydrogen-bond donors (Lipinski definition) is 2. The van der Waals surface area contributed by atoms with Crippen LogP contribution in [-0.4, -0.2) is 28.9 Å². The molecule has 136 valence electrons. The van der Waals surface area contributed by atoms with E-state index in [-0.39, 0.29) is 35.5 Å². The van der Waals surface area contributed by atoms with Gasteiger partial charge in [0.05, 0.1) is 11.8 Å². The summed E-state index contributed by atoms with van der Waals surface area (Å²) in [5.74, 6) is -0.505. The highest BCUT2D eigenvalue weighted by Crippen LogP contribution is 2.49. The number of hydrogen-bond acceptors (Lipinski definition) is 3. The highest BCUT2D eigenvalue weighted by Gasteiger charge is 2.57. The zero-order chi connectivity index (χ0) is 18.4. The molecule has 26 heavy (non-hydrogen) atoms. The van der Waals surface area contributed by atoms with Crippen LogP contribution in [0.1, 0.15) is 25.3 Å². The van der Waals surface area contributed by atoms with Crippen LogP contribution in [0, 0.1) is 30.6 Å². The van der Waals surface area contributed by atoms with Crippen molar-refractivity contribution in [2.24, 2.45) is 23.7 Å². The SMILES string of the molecule is Cc1cccc(NC(=O)N[C@H](C)N2C(=O)[C@H]3[C@H](C2=O)[C@H]2C=C[C@H]3CC2)c1. The predicted molar refractivity (Wildman–Crippen MR) is 97.0 cm³/mol. The molecule has 1 aromatic carbocycles. The molecule has 3 aliphatic carbocycles. The molecule has 1 heterocycles. The van der Waals surface area contributed by atoms with Gasteiger partial charge < -0.3 is 10.6 Å². The fraction of sp³-hybridized carbons (Fsp3) is 0.450. The monoisotopic (exact) mass is 353 g/mol. The maximum atomic E-state index is 12.9. The Hall–Kier alpha value is -2.63. The first-order chi connectivity index (χ1) is 12.5. The number of likely N-dealkylation sites (tertiary alicyclic amines) is 1. The lowest BCUT2D eigenvalue weighted by Gasteiger charge is -2.38. The van der Waals surface area contributed by atoms with E-state index in [9.17, 15) is 14.4 Å². The van der Waals surface area contributed by atoms with Gasteiger partial charge in [-0.25, -0.2) is 4.79 Å². The lowest BCUT2D eigenvalue weighted by Crippen LogP contribution is -2.50. The molecule has 5 atom stereocenters. The molecule has 2 N–H and O–H groups in total. The zero-order valence-electron chi connectivity index (χ0n) is 14.9. The van der Waals surface area contributed by atoms with E-state index in [4.69, 9.17) is 0 Å². The summed E-state index contributed by atoms with van der Waals surface area (Å²) in [7, 11) is 0. The smallest absolute Gasteiger partial charge is 0.317 e. The molecule has 4 aliphatic rings. The first kappa shape index (κ1) is 16.8. The number of aryl methyl sites for hydroxylation is 1. The molecule has 5 rings (SSSR count). The molecule has 1 saturated carbocycles. The molecule has 0 radical (unpaired) electrons. The fourth-order valence-electron chi connectivity index (χ4n) is 4.62. The third-order valence-corrected chi connectivity index (χ3v) is 5.80. The van der Waals surface area contributed by atoms with Crippen LogP contribution in [0.3, 0.4) is 0 Å². The number of benzene rings is 1. The van der Waals surface area contributed by atoms with Crippen molar-refractivity contribution in [3.63, 3.8) is 0 Å². The first-order valence-corrected chi connectivity index (χ1v) is 9.15. The number of imide groups is 1. The van der Waals surface area contributed by atoms with Crippen molar-refractivity contribution < 1.29 is 14.4 Å².